The molecule has 100 valence electrons. The van der Waals surface area contributed by atoms with Crippen molar-refractivity contribution in [2.24, 2.45) is 0 Å². The first-order valence-electron chi connectivity index (χ1n) is 6.19. The van der Waals surface area contributed by atoms with Crippen molar-refractivity contribution in [2.45, 2.75) is 13.3 Å². The summed E-state index contributed by atoms with van der Waals surface area (Å²) >= 11 is 0. The molecular weight excluding hydrogens is 240 g/mol. The Morgan fingerprint density at radius 1 is 1.37 bits per heavy atom. The first-order valence-corrected chi connectivity index (χ1v) is 6.19. The molecule has 0 bridgehead atoms. The predicted octanol–water partition coefficient (Wildman–Crippen LogP) is 1.62. The Balaban J connectivity index is 1.98. The molecule has 1 aromatic carbocycles. The van der Waals surface area contributed by atoms with E-state index in [2.05, 4.69) is 10.2 Å². The Morgan fingerprint density at radius 2 is 2.05 bits per heavy atom. The van der Waals surface area contributed by atoms with E-state index >= 15 is 0 Å². The van der Waals surface area contributed by atoms with Gasteiger partial charge in [0, 0.05) is 13.6 Å². The predicted molar refractivity (Wildman–Crippen MR) is 74.8 cm³/mol. The average molecular weight is 258 g/mol. The number of nitrogens with two attached hydrogens (primary N) is 1. The number of H-pyrrole nitrogens is 1. The molecule has 0 aliphatic carbocycles. The SMILES string of the molecule is Cc1[nH]nc(C(=O)N(C)CCc2ccccc2)c1N. The number of benzene rings is 1. The van der Waals surface area contributed by atoms with Crippen LogP contribution in [0.4, 0.5) is 5.69 Å². The maximum absolute atomic E-state index is 12.2. The molecule has 1 amide bonds. The number of carbonyl (C=O) groups is 1. The summed E-state index contributed by atoms with van der Waals surface area (Å²) < 4.78 is 0. The number of nitrogen functional groups attached to an aromatic ring is 1. The van der Waals surface area contributed by atoms with Gasteiger partial charge in [0.15, 0.2) is 5.69 Å². The van der Waals surface area contributed by atoms with E-state index in [1.807, 2.05) is 30.3 Å². The van der Waals surface area contributed by atoms with Crippen molar-refractivity contribution in [1.82, 2.24) is 15.1 Å². The van der Waals surface area contributed by atoms with Gasteiger partial charge in [-0.25, -0.2) is 0 Å². The number of aryl methyl sites for hydroxylation is 1. The van der Waals surface area contributed by atoms with Crippen molar-refractivity contribution >= 4 is 11.6 Å². The molecule has 19 heavy (non-hydrogen) atoms. The van der Waals surface area contributed by atoms with E-state index in [4.69, 9.17) is 5.73 Å². The van der Waals surface area contributed by atoms with Gasteiger partial charge in [0.1, 0.15) is 0 Å². The van der Waals surface area contributed by atoms with Crippen LogP contribution in [-0.4, -0.2) is 34.6 Å². The van der Waals surface area contributed by atoms with Crippen molar-refractivity contribution in [3.05, 3.63) is 47.3 Å². The highest BCUT2D eigenvalue weighted by Gasteiger charge is 2.18. The number of hydrogen-bond donors (Lipinski definition) is 2. The van der Waals surface area contributed by atoms with Crippen LogP contribution in [-0.2, 0) is 6.42 Å². The molecular formula is C14H18N4O. The summed E-state index contributed by atoms with van der Waals surface area (Å²) in [6.45, 7) is 2.43. The summed E-state index contributed by atoms with van der Waals surface area (Å²) in [5.74, 6) is -0.155. The fourth-order valence-electron chi connectivity index (χ4n) is 1.82. The van der Waals surface area contributed by atoms with Crippen molar-refractivity contribution in [3.63, 3.8) is 0 Å². The number of rotatable bonds is 4. The number of amides is 1. The normalized spacial score (nSPS) is 10.4. The quantitative estimate of drug-likeness (QED) is 0.875. The van der Waals surface area contributed by atoms with Crippen molar-refractivity contribution in [3.8, 4) is 0 Å². The largest absolute Gasteiger partial charge is 0.395 e. The highest BCUT2D eigenvalue weighted by Crippen LogP contribution is 2.14. The third-order valence-corrected chi connectivity index (χ3v) is 3.12. The first kappa shape index (κ1) is 13.1. The maximum atomic E-state index is 12.2. The number of carbonyl (C=O) groups excluding carboxylic acids is 1. The summed E-state index contributed by atoms with van der Waals surface area (Å²) in [6, 6.07) is 10.1. The van der Waals surface area contributed by atoms with Gasteiger partial charge in [0.25, 0.3) is 5.91 Å². The summed E-state index contributed by atoms with van der Waals surface area (Å²) in [4.78, 5) is 13.8. The first-order chi connectivity index (χ1) is 9.09. The van der Waals surface area contributed by atoms with Crippen LogP contribution in [0.5, 0.6) is 0 Å². The third kappa shape index (κ3) is 2.93. The Kier molecular flexibility index (Phi) is 3.85. The van der Waals surface area contributed by atoms with Crippen LogP contribution in [0.15, 0.2) is 30.3 Å². The second-order valence-electron chi connectivity index (χ2n) is 4.57. The molecule has 0 saturated heterocycles. The molecule has 0 atom stereocenters. The molecule has 2 aromatic rings. The van der Waals surface area contributed by atoms with Crippen LogP contribution in [0.1, 0.15) is 21.7 Å². The minimum atomic E-state index is -0.155. The number of aromatic amines is 1. The van der Waals surface area contributed by atoms with E-state index in [1.54, 1.807) is 18.9 Å². The molecule has 5 heteroatoms. The Morgan fingerprint density at radius 3 is 2.63 bits per heavy atom. The smallest absolute Gasteiger partial charge is 0.276 e. The van der Waals surface area contributed by atoms with Gasteiger partial charge in [-0.2, -0.15) is 5.10 Å². The van der Waals surface area contributed by atoms with Gasteiger partial charge in [-0.1, -0.05) is 30.3 Å². The fraction of sp³-hybridized carbons (Fsp3) is 0.286. The minimum Gasteiger partial charge on any atom is -0.395 e. The van der Waals surface area contributed by atoms with Crippen molar-refractivity contribution in [2.75, 3.05) is 19.3 Å². The lowest BCUT2D eigenvalue weighted by atomic mass is 10.1. The van der Waals surface area contributed by atoms with Gasteiger partial charge in [-0.3, -0.25) is 9.89 Å². The van der Waals surface area contributed by atoms with Crippen LogP contribution in [0, 0.1) is 6.92 Å². The Labute approximate surface area is 112 Å². The molecule has 5 nitrogen and oxygen atoms in total. The zero-order valence-electron chi connectivity index (χ0n) is 11.2. The number of likely N-dealkylation sites (N-methyl/N-ethyl adjacent to an activating group) is 1. The number of nitrogens with one attached hydrogen (secondary N) is 1. The monoisotopic (exact) mass is 258 g/mol. The second-order valence-corrected chi connectivity index (χ2v) is 4.57. The molecule has 2 rings (SSSR count). The van der Waals surface area contributed by atoms with Gasteiger partial charge in [-0.05, 0) is 18.9 Å². The lowest BCUT2D eigenvalue weighted by Crippen LogP contribution is -2.29. The fourth-order valence-corrected chi connectivity index (χ4v) is 1.82. The van der Waals surface area contributed by atoms with Gasteiger partial charge >= 0.3 is 0 Å². The molecule has 0 aliphatic heterocycles. The second kappa shape index (κ2) is 5.56. The zero-order chi connectivity index (χ0) is 13.8. The number of anilines is 1. The Hall–Kier alpha value is -2.30. The lowest BCUT2D eigenvalue weighted by Gasteiger charge is -2.16. The summed E-state index contributed by atoms with van der Waals surface area (Å²) in [7, 11) is 1.76. The van der Waals surface area contributed by atoms with Gasteiger partial charge < -0.3 is 10.6 Å². The van der Waals surface area contributed by atoms with E-state index in [9.17, 15) is 4.79 Å². The molecule has 0 unspecified atom stereocenters. The van der Waals surface area contributed by atoms with Crippen LogP contribution in [0.2, 0.25) is 0 Å². The molecule has 0 radical (unpaired) electrons. The molecule has 0 spiro atoms. The number of hydrogen-bond acceptors (Lipinski definition) is 3. The molecule has 0 saturated carbocycles. The van der Waals surface area contributed by atoms with Gasteiger partial charge in [0.05, 0.1) is 11.4 Å². The maximum Gasteiger partial charge on any atom is 0.276 e. The van der Waals surface area contributed by atoms with Crippen LogP contribution in [0.25, 0.3) is 0 Å². The Bertz CT molecular complexity index is 562. The number of nitrogens with zero attached hydrogens (tertiary/aromatic N) is 2. The summed E-state index contributed by atoms with van der Waals surface area (Å²) in [5.41, 5.74) is 8.46. The van der Waals surface area contributed by atoms with Crippen molar-refractivity contribution < 1.29 is 4.79 Å². The molecule has 0 aliphatic rings. The van der Waals surface area contributed by atoms with Crippen molar-refractivity contribution in [1.29, 1.82) is 0 Å². The standard InChI is InChI=1S/C14H18N4O/c1-10-12(15)13(17-16-10)14(19)18(2)9-8-11-6-4-3-5-7-11/h3-7H,8-9,15H2,1-2H3,(H,16,17). The van der Waals surface area contributed by atoms with E-state index in [0.29, 0.717) is 17.9 Å². The van der Waals surface area contributed by atoms with Gasteiger partial charge in [-0.15, -0.1) is 0 Å². The number of aromatic nitrogens is 2. The lowest BCUT2D eigenvalue weighted by molar-refractivity contribution is 0.0792. The topological polar surface area (TPSA) is 75.0 Å². The van der Waals surface area contributed by atoms with Crippen LogP contribution < -0.4 is 5.73 Å². The molecule has 3 N–H and O–H groups in total. The molecule has 1 heterocycles. The highest BCUT2D eigenvalue weighted by atomic mass is 16.2. The van der Waals surface area contributed by atoms with E-state index in [1.165, 1.54) is 5.56 Å². The van der Waals surface area contributed by atoms with Crippen LogP contribution >= 0.6 is 0 Å². The highest BCUT2D eigenvalue weighted by molar-refractivity contribution is 5.97. The average Bonchev–Trinajstić information content (AvgIpc) is 2.77. The summed E-state index contributed by atoms with van der Waals surface area (Å²) in [6.07, 6.45) is 0.812. The summed E-state index contributed by atoms with van der Waals surface area (Å²) in [5, 5.41) is 6.67. The minimum absolute atomic E-state index is 0.155. The molecule has 0 fully saturated rings. The van der Waals surface area contributed by atoms with Crippen LogP contribution in [0.3, 0.4) is 0 Å². The third-order valence-electron chi connectivity index (χ3n) is 3.12. The van der Waals surface area contributed by atoms with E-state index < -0.39 is 0 Å². The van der Waals surface area contributed by atoms with Gasteiger partial charge in [0.2, 0.25) is 0 Å². The zero-order valence-corrected chi connectivity index (χ0v) is 11.2. The molecule has 1 aromatic heterocycles. The van der Waals surface area contributed by atoms with E-state index in [-0.39, 0.29) is 5.91 Å². The van der Waals surface area contributed by atoms with E-state index in [0.717, 1.165) is 12.1 Å².